The molecule has 134 valence electrons. The van der Waals surface area contributed by atoms with E-state index in [1.165, 1.54) is 13.8 Å². The van der Waals surface area contributed by atoms with Crippen LogP contribution in [0.5, 0.6) is 0 Å². The fraction of sp³-hybridized carbons (Fsp3) is 0.533. The molecule has 0 saturated carbocycles. The number of rotatable bonds is 8. The van der Waals surface area contributed by atoms with E-state index >= 15 is 4.39 Å². The molecule has 1 aliphatic rings. The lowest BCUT2D eigenvalue weighted by atomic mass is 10.2. The molecule has 1 fully saturated rings. The highest BCUT2D eigenvalue weighted by Gasteiger charge is 2.66. The van der Waals surface area contributed by atoms with E-state index in [4.69, 9.17) is 13.9 Å². The predicted molar refractivity (Wildman–Crippen MR) is 83.4 cm³/mol. The minimum Gasteiger partial charge on any atom is -0.371 e. The second kappa shape index (κ2) is 7.72. The number of aliphatic hydroxyl groups excluding tert-OH is 1. The Hall–Kier alpha value is -1.31. The Balaban J connectivity index is 2.17. The van der Waals surface area contributed by atoms with E-state index in [9.17, 15) is 14.5 Å². The Morgan fingerprint density at radius 3 is 2.42 bits per heavy atom. The van der Waals surface area contributed by atoms with Gasteiger partial charge in [0.1, 0.15) is 6.61 Å². The van der Waals surface area contributed by atoms with Crippen LogP contribution in [0, 0.1) is 0 Å². The number of aliphatic hydroxyl groups is 1. The van der Waals surface area contributed by atoms with Gasteiger partial charge in [0.2, 0.25) is 0 Å². The lowest BCUT2D eigenvalue weighted by Gasteiger charge is -2.27. The second-order valence-electron chi connectivity index (χ2n) is 5.17. The van der Waals surface area contributed by atoms with Crippen molar-refractivity contribution in [3.63, 3.8) is 0 Å². The zero-order valence-electron chi connectivity index (χ0n) is 13.6. The Morgan fingerprint density at radius 1 is 1.29 bits per heavy atom. The molecule has 1 aromatic carbocycles. The second-order valence-corrected chi connectivity index (χ2v) is 7.39. The van der Waals surface area contributed by atoms with E-state index in [1.807, 2.05) is 6.07 Å². The third kappa shape index (κ3) is 3.53. The number of hydroxylamine groups is 2. The summed E-state index contributed by atoms with van der Waals surface area (Å²) >= 11 is 0. The van der Waals surface area contributed by atoms with E-state index in [-0.39, 0.29) is 19.8 Å². The van der Waals surface area contributed by atoms with Gasteiger partial charge in [-0.3, -0.25) is 14.2 Å². The van der Waals surface area contributed by atoms with Gasteiger partial charge in [-0.05, 0) is 19.4 Å². The molecule has 1 saturated heterocycles. The maximum absolute atomic E-state index is 15.2. The normalized spacial score (nSPS) is 24.6. The first-order valence-corrected chi connectivity index (χ1v) is 9.19. The van der Waals surface area contributed by atoms with Crippen LogP contribution in [0.15, 0.2) is 30.3 Å². The summed E-state index contributed by atoms with van der Waals surface area (Å²) in [5, 5.41) is 7.50. The third-order valence-electron chi connectivity index (χ3n) is 3.50. The van der Waals surface area contributed by atoms with E-state index in [0.29, 0.717) is 5.06 Å². The lowest BCUT2D eigenvalue weighted by Crippen LogP contribution is -2.39. The molecule has 0 aliphatic carbocycles. The molecule has 24 heavy (non-hydrogen) atoms. The van der Waals surface area contributed by atoms with Crippen molar-refractivity contribution < 1.29 is 32.7 Å². The molecule has 2 atom stereocenters. The Kier molecular flexibility index (Phi) is 6.11. The largest absolute Gasteiger partial charge is 0.377 e. The van der Waals surface area contributed by atoms with Crippen molar-refractivity contribution in [1.82, 2.24) is 5.06 Å². The number of amides is 1. The maximum Gasteiger partial charge on any atom is 0.377 e. The average molecular weight is 361 g/mol. The van der Waals surface area contributed by atoms with Crippen molar-refractivity contribution in [1.29, 1.82) is 0 Å². The summed E-state index contributed by atoms with van der Waals surface area (Å²) in [5.41, 5.74) is 0.728. The van der Waals surface area contributed by atoms with E-state index in [1.54, 1.807) is 24.3 Å². The van der Waals surface area contributed by atoms with Crippen LogP contribution in [0.25, 0.3) is 0 Å². The number of hydrogen-bond donors (Lipinski definition) is 1. The van der Waals surface area contributed by atoms with Gasteiger partial charge in [0, 0.05) is 0 Å². The molecule has 1 amide bonds. The topological polar surface area (TPSA) is 85.3 Å². The summed E-state index contributed by atoms with van der Waals surface area (Å²) in [4.78, 5) is 17.6. The van der Waals surface area contributed by atoms with Gasteiger partial charge in [-0.2, -0.15) is 5.06 Å². The fourth-order valence-electron chi connectivity index (χ4n) is 2.39. The van der Waals surface area contributed by atoms with Crippen LogP contribution in [0.1, 0.15) is 25.8 Å². The van der Waals surface area contributed by atoms with Crippen molar-refractivity contribution >= 4 is 13.5 Å². The lowest BCUT2D eigenvalue weighted by molar-refractivity contribution is -0.225. The van der Waals surface area contributed by atoms with Crippen molar-refractivity contribution in [2.24, 2.45) is 0 Å². The monoisotopic (exact) mass is 361 g/mol. The summed E-state index contributed by atoms with van der Waals surface area (Å²) in [7, 11) is -4.40. The summed E-state index contributed by atoms with van der Waals surface area (Å²) < 4.78 is 37.8. The number of carbonyl (C=O) groups excluding carboxylic acids is 1. The molecule has 7 nitrogen and oxygen atoms in total. The minimum absolute atomic E-state index is 0.0483. The number of halogens is 1. The van der Waals surface area contributed by atoms with Crippen LogP contribution in [-0.2, 0) is 29.9 Å². The minimum atomic E-state index is -4.40. The molecule has 2 unspecified atom stereocenters. The number of nitrogens with zero attached hydrogens (tertiary/aromatic N) is 1. The number of alkyl halides is 1. The van der Waals surface area contributed by atoms with Gasteiger partial charge >= 0.3 is 7.60 Å². The number of carbonyl (C=O) groups is 1. The van der Waals surface area contributed by atoms with Crippen molar-refractivity contribution in [3.8, 4) is 0 Å². The first-order valence-electron chi connectivity index (χ1n) is 7.64. The van der Waals surface area contributed by atoms with Gasteiger partial charge in [-0.15, -0.1) is 0 Å². The van der Waals surface area contributed by atoms with Gasteiger partial charge < -0.3 is 14.2 Å². The molecule has 9 heteroatoms. The van der Waals surface area contributed by atoms with Crippen molar-refractivity contribution in [2.45, 2.75) is 38.5 Å². The smallest absolute Gasteiger partial charge is 0.371 e. The molecule has 1 aromatic rings. The van der Waals surface area contributed by atoms with E-state index in [2.05, 4.69) is 0 Å². The van der Waals surface area contributed by atoms with Crippen LogP contribution < -0.4 is 0 Å². The third-order valence-corrected chi connectivity index (χ3v) is 5.94. The molecule has 1 heterocycles. The zero-order valence-corrected chi connectivity index (χ0v) is 14.4. The maximum atomic E-state index is 15.2. The Morgan fingerprint density at radius 2 is 1.88 bits per heavy atom. The molecular formula is C15H21FNO6P. The fourth-order valence-corrected chi connectivity index (χ4v) is 4.27. The van der Waals surface area contributed by atoms with Crippen molar-refractivity contribution in [3.05, 3.63) is 35.9 Å². The van der Waals surface area contributed by atoms with Crippen LogP contribution >= 0.6 is 7.60 Å². The molecule has 0 spiro atoms. The molecule has 2 rings (SSSR count). The molecule has 1 N–H and O–H groups in total. The first-order chi connectivity index (χ1) is 11.4. The van der Waals surface area contributed by atoms with Crippen molar-refractivity contribution in [2.75, 3.05) is 13.2 Å². The number of benzene rings is 1. The molecule has 0 radical (unpaired) electrons. The van der Waals surface area contributed by atoms with Gasteiger partial charge in [0.15, 0.2) is 6.23 Å². The average Bonchev–Trinajstić information content (AvgIpc) is 2.78. The quantitative estimate of drug-likeness (QED) is 0.717. The van der Waals surface area contributed by atoms with Gasteiger partial charge in [-0.1, -0.05) is 30.3 Å². The predicted octanol–water partition coefficient (Wildman–Crippen LogP) is 2.60. The van der Waals surface area contributed by atoms with Crippen LogP contribution in [0.2, 0.25) is 0 Å². The molecular weight excluding hydrogens is 340 g/mol. The highest BCUT2D eigenvalue weighted by molar-refractivity contribution is 7.56. The summed E-state index contributed by atoms with van der Waals surface area (Å²) in [6.07, 6.45) is -2.33. The highest BCUT2D eigenvalue weighted by Crippen LogP contribution is 2.65. The van der Waals surface area contributed by atoms with Crippen LogP contribution in [0.4, 0.5) is 4.39 Å². The molecule has 0 bridgehead atoms. The van der Waals surface area contributed by atoms with Gasteiger partial charge in [0.05, 0.1) is 19.6 Å². The number of hydrogen-bond acceptors (Lipinski definition) is 6. The Bertz CT molecular complexity index is 605. The van der Waals surface area contributed by atoms with E-state index in [0.717, 1.165) is 5.56 Å². The highest BCUT2D eigenvalue weighted by atomic mass is 31.2. The summed E-state index contributed by atoms with van der Waals surface area (Å²) in [6, 6.07) is 8.87. The summed E-state index contributed by atoms with van der Waals surface area (Å²) in [6.45, 7) is 2.77. The van der Waals surface area contributed by atoms with E-state index < -0.39 is 31.6 Å². The molecule has 1 aliphatic heterocycles. The Labute approximate surface area is 139 Å². The van der Waals surface area contributed by atoms with Crippen LogP contribution in [0.3, 0.4) is 0 Å². The molecule has 0 aromatic heterocycles. The van der Waals surface area contributed by atoms with Gasteiger partial charge in [-0.25, -0.2) is 4.39 Å². The van der Waals surface area contributed by atoms with Crippen LogP contribution in [-0.4, -0.2) is 40.9 Å². The SMILES string of the molecule is CCOP(=O)(OCC)C1(F)CC(O)N(OCc2ccccc2)C1=O. The zero-order chi connectivity index (χ0) is 17.8. The standard InChI is InChI=1S/C15H21FNO6P/c1-3-22-24(20,23-4-2)15(16)10-13(18)17(14(15)19)21-11-12-8-6-5-7-9-12/h5-9,13,18H,3-4,10-11H2,1-2H3. The summed E-state index contributed by atoms with van der Waals surface area (Å²) in [5.74, 6) is -1.27. The van der Waals surface area contributed by atoms with Gasteiger partial charge in [0.25, 0.3) is 11.3 Å². The first kappa shape index (κ1) is 19.0.